The zero-order valence-corrected chi connectivity index (χ0v) is 18.9. The first-order valence-electron chi connectivity index (χ1n) is 11.4. The third-order valence-electron chi connectivity index (χ3n) is 5.82. The van der Waals surface area contributed by atoms with Crippen molar-refractivity contribution in [1.29, 1.82) is 0 Å². The fraction of sp³-hybridized carbons (Fsp3) is 0.542. The average Bonchev–Trinajstić information content (AvgIpc) is 2.98. The van der Waals surface area contributed by atoms with E-state index in [-0.39, 0.29) is 17.2 Å². The molecular weight excluding hydrogens is 435 g/mol. The molecule has 0 fully saturated rings. The Morgan fingerprint density at radius 1 is 1.09 bits per heavy atom. The highest BCUT2D eigenvalue weighted by Gasteiger charge is 2.29. The molecule has 3 rings (SSSR count). The van der Waals surface area contributed by atoms with Crippen LogP contribution >= 0.6 is 0 Å². The highest BCUT2D eigenvalue weighted by molar-refractivity contribution is 5.94. The SMILES string of the molecule is CCn1c(C(=O)CCCCCN2CCc3ccc(OCC(F)(F)F)nc3CC2)cccc1=O. The van der Waals surface area contributed by atoms with E-state index in [1.165, 1.54) is 16.7 Å². The molecule has 3 heterocycles. The molecule has 0 radical (unpaired) electrons. The van der Waals surface area contributed by atoms with Crippen LogP contribution in [0, 0.1) is 0 Å². The van der Waals surface area contributed by atoms with E-state index in [9.17, 15) is 22.8 Å². The van der Waals surface area contributed by atoms with E-state index >= 15 is 0 Å². The summed E-state index contributed by atoms with van der Waals surface area (Å²) in [4.78, 5) is 31.0. The molecule has 6 nitrogen and oxygen atoms in total. The maximum absolute atomic E-state index is 12.5. The van der Waals surface area contributed by atoms with Gasteiger partial charge < -0.3 is 14.2 Å². The lowest BCUT2D eigenvalue weighted by Crippen LogP contribution is -2.27. The largest absolute Gasteiger partial charge is 0.468 e. The fourth-order valence-electron chi connectivity index (χ4n) is 4.08. The molecule has 0 aromatic carbocycles. The number of hydrogen-bond donors (Lipinski definition) is 0. The number of aromatic nitrogens is 2. The summed E-state index contributed by atoms with van der Waals surface area (Å²) in [6, 6.07) is 8.10. The number of ketones is 1. The Bertz CT molecular complexity index is 1000. The molecule has 0 saturated heterocycles. The second-order valence-electron chi connectivity index (χ2n) is 8.23. The van der Waals surface area contributed by atoms with Crippen LogP contribution in [0.2, 0.25) is 0 Å². The minimum atomic E-state index is -4.38. The summed E-state index contributed by atoms with van der Waals surface area (Å²) in [5.41, 5.74) is 2.17. The monoisotopic (exact) mass is 465 g/mol. The highest BCUT2D eigenvalue weighted by Crippen LogP contribution is 2.21. The zero-order chi connectivity index (χ0) is 23.8. The maximum Gasteiger partial charge on any atom is 0.422 e. The van der Waals surface area contributed by atoms with E-state index in [0.29, 0.717) is 25.1 Å². The molecule has 9 heteroatoms. The second-order valence-corrected chi connectivity index (χ2v) is 8.23. The summed E-state index contributed by atoms with van der Waals surface area (Å²) in [6.45, 7) is 3.53. The van der Waals surface area contributed by atoms with Crippen molar-refractivity contribution >= 4 is 5.78 Å². The first-order valence-corrected chi connectivity index (χ1v) is 11.4. The van der Waals surface area contributed by atoms with Crippen molar-refractivity contribution in [3.05, 3.63) is 57.6 Å². The minimum absolute atomic E-state index is 0.00519. The molecule has 33 heavy (non-hydrogen) atoms. The lowest BCUT2D eigenvalue weighted by molar-refractivity contribution is -0.154. The number of alkyl halides is 3. The van der Waals surface area contributed by atoms with Crippen molar-refractivity contribution < 1.29 is 22.7 Å². The van der Waals surface area contributed by atoms with Gasteiger partial charge in [0.15, 0.2) is 12.4 Å². The predicted molar refractivity (Wildman–Crippen MR) is 119 cm³/mol. The molecule has 2 aromatic heterocycles. The number of carbonyl (C=O) groups is 1. The van der Waals surface area contributed by atoms with E-state index in [0.717, 1.165) is 56.6 Å². The standard InChI is InChI=1S/C24H30F3N3O3/c1-2-30-20(7-6-9-23(30)32)21(31)8-4-3-5-14-29-15-12-18-10-11-22(28-19(18)13-16-29)33-17-24(25,26)27/h6-7,9-11H,2-5,8,12-17H2,1H3. The van der Waals surface area contributed by atoms with Crippen LogP contribution in [-0.2, 0) is 19.4 Å². The van der Waals surface area contributed by atoms with Gasteiger partial charge in [0.25, 0.3) is 5.56 Å². The van der Waals surface area contributed by atoms with Crippen LogP contribution in [0.25, 0.3) is 0 Å². The van der Waals surface area contributed by atoms with Gasteiger partial charge in [0.1, 0.15) is 0 Å². The molecular formula is C24H30F3N3O3. The fourth-order valence-corrected chi connectivity index (χ4v) is 4.08. The molecule has 0 atom stereocenters. The van der Waals surface area contributed by atoms with E-state index in [2.05, 4.69) is 9.88 Å². The third-order valence-corrected chi connectivity index (χ3v) is 5.82. The lowest BCUT2D eigenvalue weighted by atomic mass is 10.1. The van der Waals surface area contributed by atoms with Crippen LogP contribution < -0.4 is 10.3 Å². The number of pyridine rings is 2. The number of halogens is 3. The van der Waals surface area contributed by atoms with Crippen LogP contribution in [0.1, 0.15) is 54.4 Å². The number of ether oxygens (including phenoxy) is 1. The Morgan fingerprint density at radius 2 is 1.88 bits per heavy atom. The predicted octanol–water partition coefficient (Wildman–Crippen LogP) is 4.05. The molecule has 0 aliphatic carbocycles. The minimum Gasteiger partial charge on any atom is -0.468 e. The van der Waals surface area contributed by atoms with Crippen LogP contribution in [0.5, 0.6) is 5.88 Å². The number of nitrogens with zero attached hydrogens (tertiary/aromatic N) is 3. The van der Waals surface area contributed by atoms with Crippen LogP contribution in [0.3, 0.4) is 0 Å². The smallest absolute Gasteiger partial charge is 0.422 e. The van der Waals surface area contributed by atoms with Gasteiger partial charge in [0.05, 0.1) is 5.69 Å². The molecule has 0 amide bonds. The van der Waals surface area contributed by atoms with E-state index in [1.807, 2.05) is 13.0 Å². The van der Waals surface area contributed by atoms with Gasteiger partial charge in [-0.15, -0.1) is 0 Å². The summed E-state index contributed by atoms with van der Waals surface area (Å²) in [6.07, 6.45) is 0.120. The highest BCUT2D eigenvalue weighted by atomic mass is 19.4. The van der Waals surface area contributed by atoms with Gasteiger partial charge in [-0.1, -0.05) is 18.6 Å². The molecule has 180 valence electrons. The third kappa shape index (κ3) is 7.42. The van der Waals surface area contributed by atoms with Crippen LogP contribution in [-0.4, -0.2) is 52.7 Å². The summed E-state index contributed by atoms with van der Waals surface area (Å²) in [5, 5.41) is 0. The number of fused-ring (bicyclic) bond motifs is 1. The van der Waals surface area contributed by atoms with Gasteiger partial charge in [-0.3, -0.25) is 9.59 Å². The Kier molecular flexibility index (Phi) is 8.66. The lowest BCUT2D eigenvalue weighted by Gasteiger charge is -2.19. The van der Waals surface area contributed by atoms with Crippen molar-refractivity contribution in [1.82, 2.24) is 14.5 Å². The number of carbonyl (C=O) groups excluding carboxylic acids is 1. The summed E-state index contributed by atoms with van der Waals surface area (Å²) in [7, 11) is 0. The Hall–Kier alpha value is -2.68. The molecule has 0 N–H and O–H groups in total. The van der Waals surface area contributed by atoms with Crippen molar-refractivity contribution in [3.8, 4) is 5.88 Å². The van der Waals surface area contributed by atoms with Gasteiger partial charge in [-0.25, -0.2) is 4.98 Å². The van der Waals surface area contributed by atoms with Crippen LogP contribution in [0.15, 0.2) is 35.1 Å². The van der Waals surface area contributed by atoms with Gasteiger partial charge in [0.2, 0.25) is 5.88 Å². The number of Topliss-reactive ketones (excluding diaryl/α,β-unsaturated/α-hetero) is 1. The normalized spacial score (nSPS) is 14.5. The Balaban J connectivity index is 1.41. The first-order chi connectivity index (χ1) is 15.8. The van der Waals surface area contributed by atoms with Gasteiger partial charge in [-0.05, 0) is 44.4 Å². The Morgan fingerprint density at radius 3 is 2.64 bits per heavy atom. The van der Waals surface area contributed by atoms with Crippen molar-refractivity contribution in [3.63, 3.8) is 0 Å². The van der Waals surface area contributed by atoms with Crippen molar-refractivity contribution in [2.75, 3.05) is 26.2 Å². The summed E-state index contributed by atoms with van der Waals surface area (Å²) >= 11 is 0. The molecule has 0 unspecified atom stereocenters. The molecule has 1 aliphatic rings. The van der Waals surface area contributed by atoms with Gasteiger partial charge in [0, 0.05) is 50.3 Å². The molecule has 1 aliphatic heterocycles. The maximum atomic E-state index is 12.5. The summed E-state index contributed by atoms with van der Waals surface area (Å²) < 4.78 is 43.4. The first kappa shape index (κ1) is 25.0. The van der Waals surface area contributed by atoms with Crippen molar-refractivity contribution in [2.24, 2.45) is 0 Å². The number of hydrogen-bond acceptors (Lipinski definition) is 5. The van der Waals surface area contributed by atoms with Gasteiger partial charge >= 0.3 is 6.18 Å². The van der Waals surface area contributed by atoms with E-state index in [1.54, 1.807) is 12.1 Å². The molecule has 0 bridgehead atoms. The van der Waals surface area contributed by atoms with E-state index < -0.39 is 12.8 Å². The number of unbranched alkanes of at least 4 members (excludes halogenated alkanes) is 2. The summed E-state index contributed by atoms with van der Waals surface area (Å²) in [5.74, 6) is 0.00509. The van der Waals surface area contributed by atoms with Gasteiger partial charge in [-0.2, -0.15) is 13.2 Å². The van der Waals surface area contributed by atoms with Crippen molar-refractivity contribution in [2.45, 2.75) is 58.2 Å². The average molecular weight is 466 g/mol. The molecule has 0 saturated carbocycles. The van der Waals surface area contributed by atoms with E-state index in [4.69, 9.17) is 4.74 Å². The molecule has 2 aromatic rings. The quantitative estimate of drug-likeness (QED) is 0.391. The molecule has 0 spiro atoms. The zero-order valence-electron chi connectivity index (χ0n) is 18.9. The Labute approximate surface area is 191 Å². The van der Waals surface area contributed by atoms with Crippen LogP contribution in [0.4, 0.5) is 13.2 Å². The topological polar surface area (TPSA) is 64.4 Å². The number of rotatable bonds is 10. The second kappa shape index (κ2) is 11.4.